The van der Waals surface area contributed by atoms with Gasteiger partial charge in [-0.25, -0.2) is 9.97 Å². The average molecular weight is 260 g/mol. The second-order valence-electron chi connectivity index (χ2n) is 4.56. The summed E-state index contributed by atoms with van der Waals surface area (Å²) in [6.45, 7) is 0. The van der Waals surface area contributed by atoms with E-state index in [4.69, 9.17) is 5.73 Å². The fourth-order valence-electron chi connectivity index (χ4n) is 2.22. The lowest BCUT2D eigenvalue weighted by atomic mass is 9.85. The van der Waals surface area contributed by atoms with Crippen molar-refractivity contribution in [3.63, 3.8) is 0 Å². The van der Waals surface area contributed by atoms with Crippen molar-refractivity contribution in [2.75, 3.05) is 11.1 Å². The van der Waals surface area contributed by atoms with Crippen LogP contribution in [0.5, 0.6) is 0 Å². The maximum absolute atomic E-state index is 12.5. The Balaban J connectivity index is 1.90. The van der Waals surface area contributed by atoms with Crippen LogP contribution in [0.4, 0.5) is 24.7 Å². The van der Waals surface area contributed by atoms with E-state index >= 15 is 0 Å². The van der Waals surface area contributed by atoms with Gasteiger partial charge in [-0.15, -0.1) is 0 Å². The van der Waals surface area contributed by atoms with E-state index in [1.165, 1.54) is 12.5 Å². The molecule has 1 fully saturated rings. The van der Waals surface area contributed by atoms with E-state index in [1.807, 2.05) is 0 Å². The van der Waals surface area contributed by atoms with Gasteiger partial charge < -0.3 is 11.1 Å². The van der Waals surface area contributed by atoms with Crippen molar-refractivity contribution >= 4 is 11.5 Å². The van der Waals surface area contributed by atoms with Crippen LogP contribution in [0.2, 0.25) is 0 Å². The molecule has 7 heteroatoms. The third-order valence-corrected chi connectivity index (χ3v) is 3.27. The molecule has 1 aliphatic rings. The Morgan fingerprint density at radius 3 is 2.44 bits per heavy atom. The predicted octanol–water partition coefficient (Wildman–Crippen LogP) is 2.59. The molecular formula is C11H15F3N4. The normalized spacial score (nSPS) is 24.8. The van der Waals surface area contributed by atoms with Crippen LogP contribution in [0.25, 0.3) is 0 Å². The number of halogens is 3. The summed E-state index contributed by atoms with van der Waals surface area (Å²) in [7, 11) is 0. The van der Waals surface area contributed by atoms with Crippen molar-refractivity contribution < 1.29 is 13.2 Å². The Bertz CT molecular complexity index is 400. The van der Waals surface area contributed by atoms with Crippen molar-refractivity contribution in [3.05, 3.63) is 12.5 Å². The van der Waals surface area contributed by atoms with Crippen LogP contribution in [0.3, 0.4) is 0 Å². The maximum Gasteiger partial charge on any atom is 0.391 e. The zero-order chi connectivity index (χ0) is 13.2. The number of nitrogens with zero attached hydrogens (tertiary/aromatic N) is 2. The number of hydrogen-bond acceptors (Lipinski definition) is 4. The first-order valence-corrected chi connectivity index (χ1v) is 5.85. The minimum absolute atomic E-state index is 0.000741. The van der Waals surface area contributed by atoms with Gasteiger partial charge in [0.25, 0.3) is 0 Å². The van der Waals surface area contributed by atoms with Crippen molar-refractivity contribution in [1.29, 1.82) is 0 Å². The highest BCUT2D eigenvalue weighted by molar-refractivity contribution is 5.59. The fraction of sp³-hybridized carbons (Fsp3) is 0.636. The van der Waals surface area contributed by atoms with Crippen LogP contribution < -0.4 is 11.1 Å². The molecule has 2 rings (SSSR count). The standard InChI is InChI=1S/C11H15F3N4/c12-11(13,14)7-1-3-8(4-2-7)18-10-9(15)5-16-6-17-10/h5-8H,1-4,15H2,(H,16,17,18). The van der Waals surface area contributed by atoms with Crippen LogP contribution in [-0.2, 0) is 0 Å². The van der Waals surface area contributed by atoms with Gasteiger partial charge in [-0.3, -0.25) is 0 Å². The van der Waals surface area contributed by atoms with Crippen LogP contribution in [0.1, 0.15) is 25.7 Å². The lowest BCUT2D eigenvalue weighted by Crippen LogP contribution is -2.33. The molecule has 1 aromatic heterocycles. The third kappa shape index (κ3) is 3.02. The zero-order valence-corrected chi connectivity index (χ0v) is 9.74. The number of nitrogens with two attached hydrogens (primary N) is 1. The van der Waals surface area contributed by atoms with Gasteiger partial charge in [-0.1, -0.05) is 0 Å². The summed E-state index contributed by atoms with van der Waals surface area (Å²) in [5.41, 5.74) is 6.08. The summed E-state index contributed by atoms with van der Waals surface area (Å²) >= 11 is 0. The molecule has 1 aromatic rings. The predicted molar refractivity (Wildman–Crippen MR) is 61.9 cm³/mol. The van der Waals surface area contributed by atoms with E-state index in [-0.39, 0.29) is 18.9 Å². The van der Waals surface area contributed by atoms with Gasteiger partial charge in [0.2, 0.25) is 0 Å². The third-order valence-electron chi connectivity index (χ3n) is 3.27. The van der Waals surface area contributed by atoms with Crippen LogP contribution >= 0.6 is 0 Å². The monoisotopic (exact) mass is 260 g/mol. The van der Waals surface area contributed by atoms with Gasteiger partial charge in [0.15, 0.2) is 5.82 Å². The molecule has 1 heterocycles. The second kappa shape index (κ2) is 4.99. The van der Waals surface area contributed by atoms with E-state index in [0.717, 1.165) is 0 Å². The van der Waals surface area contributed by atoms with Crippen molar-refractivity contribution in [2.45, 2.75) is 37.9 Å². The molecular weight excluding hydrogens is 245 g/mol. The smallest absolute Gasteiger partial charge is 0.391 e. The highest BCUT2D eigenvalue weighted by Gasteiger charge is 2.41. The summed E-state index contributed by atoms with van der Waals surface area (Å²) < 4.78 is 37.5. The number of nitrogens with one attached hydrogen (secondary N) is 1. The molecule has 0 amide bonds. The quantitative estimate of drug-likeness (QED) is 0.857. The molecule has 18 heavy (non-hydrogen) atoms. The number of alkyl halides is 3. The topological polar surface area (TPSA) is 63.8 Å². The van der Waals surface area contributed by atoms with Gasteiger partial charge in [0.1, 0.15) is 6.33 Å². The minimum atomic E-state index is -4.07. The maximum atomic E-state index is 12.5. The van der Waals surface area contributed by atoms with Gasteiger partial charge in [0.05, 0.1) is 17.8 Å². The number of rotatable bonds is 2. The lowest BCUT2D eigenvalue weighted by molar-refractivity contribution is -0.182. The van der Waals surface area contributed by atoms with Crippen LogP contribution in [0.15, 0.2) is 12.5 Å². The highest BCUT2D eigenvalue weighted by Crippen LogP contribution is 2.38. The molecule has 0 radical (unpaired) electrons. The van der Waals surface area contributed by atoms with Gasteiger partial charge in [0, 0.05) is 6.04 Å². The van der Waals surface area contributed by atoms with Crippen LogP contribution in [-0.4, -0.2) is 22.2 Å². The molecule has 4 nitrogen and oxygen atoms in total. The van der Waals surface area contributed by atoms with Gasteiger partial charge in [-0.05, 0) is 25.7 Å². The average Bonchev–Trinajstić information content (AvgIpc) is 2.32. The molecule has 1 aliphatic carbocycles. The molecule has 3 N–H and O–H groups in total. The van der Waals surface area contributed by atoms with E-state index in [1.54, 1.807) is 0 Å². The number of hydrogen-bond donors (Lipinski definition) is 2. The zero-order valence-electron chi connectivity index (χ0n) is 9.74. The van der Waals surface area contributed by atoms with E-state index in [9.17, 15) is 13.2 Å². The molecule has 0 atom stereocenters. The number of nitrogen functional groups attached to an aromatic ring is 1. The molecule has 0 saturated heterocycles. The molecule has 0 unspecified atom stereocenters. The van der Waals surface area contributed by atoms with Gasteiger partial charge in [-0.2, -0.15) is 13.2 Å². The van der Waals surface area contributed by atoms with Crippen molar-refractivity contribution in [1.82, 2.24) is 9.97 Å². The summed E-state index contributed by atoms with van der Waals surface area (Å²) in [6.07, 6.45) is 0.0369. The summed E-state index contributed by atoms with van der Waals surface area (Å²) in [6, 6.07) is 0.000741. The molecule has 0 spiro atoms. The van der Waals surface area contributed by atoms with Crippen molar-refractivity contribution in [2.24, 2.45) is 5.92 Å². The SMILES string of the molecule is Nc1cncnc1NC1CCC(C(F)(F)F)CC1. The Labute approximate surface area is 103 Å². The Hall–Kier alpha value is -1.53. The molecule has 1 saturated carbocycles. The highest BCUT2D eigenvalue weighted by atomic mass is 19.4. The fourth-order valence-corrected chi connectivity index (χ4v) is 2.22. The first-order chi connectivity index (χ1) is 8.47. The number of aromatic nitrogens is 2. The first-order valence-electron chi connectivity index (χ1n) is 5.85. The van der Waals surface area contributed by atoms with E-state index in [2.05, 4.69) is 15.3 Å². The van der Waals surface area contributed by atoms with Gasteiger partial charge >= 0.3 is 6.18 Å². The summed E-state index contributed by atoms with van der Waals surface area (Å²) in [4.78, 5) is 7.73. The molecule has 100 valence electrons. The summed E-state index contributed by atoms with van der Waals surface area (Å²) in [5.74, 6) is -0.668. The lowest BCUT2D eigenvalue weighted by Gasteiger charge is -2.30. The van der Waals surface area contributed by atoms with E-state index < -0.39 is 12.1 Å². The Morgan fingerprint density at radius 1 is 1.22 bits per heavy atom. The molecule has 0 aliphatic heterocycles. The molecule has 0 bridgehead atoms. The van der Waals surface area contributed by atoms with E-state index in [0.29, 0.717) is 24.3 Å². The Kier molecular flexibility index (Phi) is 3.58. The largest absolute Gasteiger partial charge is 0.394 e. The Morgan fingerprint density at radius 2 is 1.89 bits per heavy atom. The molecule has 0 aromatic carbocycles. The summed E-state index contributed by atoms with van der Waals surface area (Å²) in [5, 5.41) is 3.08. The second-order valence-corrected chi connectivity index (χ2v) is 4.56. The van der Waals surface area contributed by atoms with Crippen LogP contribution in [0, 0.1) is 5.92 Å². The number of anilines is 2. The first kappa shape index (κ1) is 12.9. The minimum Gasteiger partial charge on any atom is -0.394 e. The van der Waals surface area contributed by atoms with Crippen molar-refractivity contribution in [3.8, 4) is 0 Å².